The number of carbonyl (C=O) groups is 1. The molecule has 1 saturated heterocycles. The molecule has 144 valence electrons. The number of anilines is 1. The van der Waals surface area contributed by atoms with Gasteiger partial charge in [-0.2, -0.15) is 4.31 Å². The average molecular weight is 407 g/mol. The van der Waals surface area contributed by atoms with Gasteiger partial charge in [-0.25, -0.2) is 8.42 Å². The second-order valence-electron chi connectivity index (χ2n) is 6.89. The van der Waals surface area contributed by atoms with Gasteiger partial charge in [0.2, 0.25) is 15.9 Å². The zero-order valence-electron chi connectivity index (χ0n) is 15.4. The van der Waals surface area contributed by atoms with Gasteiger partial charge in [-0.15, -0.1) is 0 Å². The van der Waals surface area contributed by atoms with Crippen molar-refractivity contribution in [2.75, 3.05) is 18.4 Å². The summed E-state index contributed by atoms with van der Waals surface area (Å²) in [5.74, 6) is -0.513. The van der Waals surface area contributed by atoms with Crippen LogP contribution in [-0.4, -0.2) is 31.7 Å². The Morgan fingerprint density at radius 1 is 1.15 bits per heavy atom. The molecule has 5 nitrogen and oxygen atoms in total. The third-order valence-electron chi connectivity index (χ3n) is 5.07. The van der Waals surface area contributed by atoms with Crippen LogP contribution in [0.15, 0.2) is 47.4 Å². The number of benzene rings is 2. The number of hydrogen-bond acceptors (Lipinski definition) is 3. The number of nitrogens with one attached hydrogen (secondary N) is 1. The Morgan fingerprint density at radius 2 is 1.85 bits per heavy atom. The average Bonchev–Trinajstić information content (AvgIpc) is 2.66. The molecule has 7 heteroatoms. The molecule has 0 saturated carbocycles. The first kappa shape index (κ1) is 19.9. The van der Waals surface area contributed by atoms with Crippen LogP contribution in [0.3, 0.4) is 0 Å². The molecular weight excluding hydrogens is 384 g/mol. The minimum Gasteiger partial charge on any atom is -0.326 e. The number of hydrogen-bond donors (Lipinski definition) is 1. The molecular formula is C20H23ClN2O3S. The van der Waals surface area contributed by atoms with Crippen LogP contribution in [0.2, 0.25) is 5.02 Å². The molecule has 1 fully saturated rings. The summed E-state index contributed by atoms with van der Waals surface area (Å²) in [4.78, 5) is 12.9. The first-order chi connectivity index (χ1) is 12.8. The summed E-state index contributed by atoms with van der Waals surface area (Å²) in [6.45, 7) is 4.55. The number of aryl methyl sites for hydroxylation is 1. The van der Waals surface area contributed by atoms with E-state index in [1.807, 2.05) is 32.0 Å². The van der Waals surface area contributed by atoms with Crippen molar-refractivity contribution in [3.05, 3.63) is 58.6 Å². The highest BCUT2D eigenvalue weighted by Crippen LogP contribution is 2.26. The molecule has 0 aliphatic carbocycles. The van der Waals surface area contributed by atoms with Crippen molar-refractivity contribution < 1.29 is 13.2 Å². The second-order valence-corrected chi connectivity index (χ2v) is 9.27. The van der Waals surface area contributed by atoms with E-state index in [4.69, 9.17) is 11.6 Å². The molecule has 1 heterocycles. The summed E-state index contributed by atoms with van der Waals surface area (Å²) in [6, 6.07) is 11.9. The Kier molecular flexibility index (Phi) is 5.89. The van der Waals surface area contributed by atoms with E-state index in [0.29, 0.717) is 24.4 Å². The number of nitrogens with zero attached hydrogens (tertiary/aromatic N) is 1. The van der Waals surface area contributed by atoms with Gasteiger partial charge in [0.25, 0.3) is 0 Å². The largest absolute Gasteiger partial charge is 0.326 e. The summed E-state index contributed by atoms with van der Waals surface area (Å²) < 4.78 is 27.1. The summed E-state index contributed by atoms with van der Waals surface area (Å²) in [5, 5.41) is 3.45. The van der Waals surface area contributed by atoms with Crippen LogP contribution in [0.5, 0.6) is 0 Å². The second kappa shape index (κ2) is 8.00. The van der Waals surface area contributed by atoms with Crippen molar-refractivity contribution in [3.63, 3.8) is 0 Å². The van der Waals surface area contributed by atoms with Gasteiger partial charge in [0.15, 0.2) is 0 Å². The molecule has 0 spiro atoms. The van der Waals surface area contributed by atoms with E-state index in [-0.39, 0.29) is 23.3 Å². The molecule has 27 heavy (non-hydrogen) atoms. The number of rotatable bonds is 4. The maximum absolute atomic E-state index is 12.9. The minimum absolute atomic E-state index is 0.139. The van der Waals surface area contributed by atoms with E-state index in [9.17, 15) is 13.2 Å². The molecule has 3 rings (SSSR count). The predicted molar refractivity (Wildman–Crippen MR) is 107 cm³/mol. The van der Waals surface area contributed by atoms with Gasteiger partial charge < -0.3 is 5.32 Å². The fraction of sp³-hybridized carbons (Fsp3) is 0.350. The van der Waals surface area contributed by atoms with Crippen LogP contribution < -0.4 is 5.32 Å². The molecule has 0 bridgehead atoms. The monoisotopic (exact) mass is 406 g/mol. The van der Waals surface area contributed by atoms with E-state index >= 15 is 0 Å². The minimum atomic E-state index is -3.64. The highest BCUT2D eigenvalue weighted by Gasteiger charge is 2.33. The Morgan fingerprint density at radius 3 is 2.56 bits per heavy atom. The molecule has 1 unspecified atom stereocenters. The van der Waals surface area contributed by atoms with Gasteiger partial charge in [-0.1, -0.05) is 23.7 Å². The summed E-state index contributed by atoms with van der Waals surface area (Å²) >= 11 is 5.85. The third-order valence-corrected chi connectivity index (χ3v) is 7.20. The molecule has 2 aromatic carbocycles. The predicted octanol–water partition coefficient (Wildman–Crippen LogP) is 4.00. The number of piperidine rings is 1. The highest BCUT2D eigenvalue weighted by atomic mass is 35.5. The van der Waals surface area contributed by atoms with Crippen molar-refractivity contribution in [2.45, 2.75) is 31.6 Å². The molecule has 1 atom stereocenters. The van der Waals surface area contributed by atoms with E-state index < -0.39 is 10.0 Å². The van der Waals surface area contributed by atoms with Crippen molar-refractivity contribution >= 4 is 33.2 Å². The smallest absolute Gasteiger partial charge is 0.243 e. The Labute approximate surface area is 165 Å². The van der Waals surface area contributed by atoms with E-state index in [0.717, 1.165) is 16.8 Å². The van der Waals surface area contributed by atoms with Gasteiger partial charge in [-0.05, 0) is 68.1 Å². The van der Waals surface area contributed by atoms with Crippen LogP contribution in [0, 0.1) is 19.8 Å². The Bertz CT molecular complexity index is 942. The van der Waals surface area contributed by atoms with Gasteiger partial charge in [0.05, 0.1) is 10.8 Å². The third kappa shape index (κ3) is 4.34. The lowest BCUT2D eigenvalue weighted by atomic mass is 9.98. The summed E-state index contributed by atoms with van der Waals surface area (Å²) in [5.41, 5.74) is 2.90. The standard InChI is InChI=1S/C20H23ClN2O3S/c1-14-5-3-7-19(15(14)2)22-20(24)16-6-4-12-23(13-16)27(25,26)18-10-8-17(21)9-11-18/h3,5,7-11,16H,4,6,12-13H2,1-2H3,(H,22,24). The Hall–Kier alpha value is -1.89. The fourth-order valence-electron chi connectivity index (χ4n) is 3.25. The zero-order valence-corrected chi connectivity index (χ0v) is 17.0. The normalized spacial score (nSPS) is 18.3. The van der Waals surface area contributed by atoms with E-state index in [1.54, 1.807) is 12.1 Å². The SMILES string of the molecule is Cc1cccc(NC(=O)C2CCCN(S(=O)(=O)c3ccc(Cl)cc3)C2)c1C. The lowest BCUT2D eigenvalue weighted by Gasteiger charge is -2.31. The van der Waals surface area contributed by atoms with Crippen molar-refractivity contribution in [1.82, 2.24) is 4.31 Å². The molecule has 1 aliphatic rings. The van der Waals surface area contributed by atoms with Crippen molar-refractivity contribution in [3.8, 4) is 0 Å². The molecule has 2 aromatic rings. The maximum atomic E-state index is 12.9. The molecule has 1 N–H and O–H groups in total. The number of carbonyl (C=O) groups excluding carboxylic acids is 1. The summed E-state index contributed by atoms with van der Waals surface area (Å²) in [6.07, 6.45) is 1.32. The lowest BCUT2D eigenvalue weighted by Crippen LogP contribution is -2.43. The fourth-order valence-corrected chi connectivity index (χ4v) is 4.90. The highest BCUT2D eigenvalue weighted by molar-refractivity contribution is 7.89. The zero-order chi connectivity index (χ0) is 19.6. The van der Waals surface area contributed by atoms with Crippen molar-refractivity contribution in [2.24, 2.45) is 5.92 Å². The molecule has 1 amide bonds. The molecule has 0 aromatic heterocycles. The first-order valence-electron chi connectivity index (χ1n) is 8.92. The van der Waals surface area contributed by atoms with Crippen LogP contribution in [-0.2, 0) is 14.8 Å². The first-order valence-corrected chi connectivity index (χ1v) is 10.7. The number of amides is 1. The van der Waals surface area contributed by atoms with E-state index in [2.05, 4.69) is 5.32 Å². The van der Waals surface area contributed by atoms with Gasteiger partial charge in [-0.3, -0.25) is 4.79 Å². The number of sulfonamides is 1. The molecule has 0 radical (unpaired) electrons. The topological polar surface area (TPSA) is 66.5 Å². The lowest BCUT2D eigenvalue weighted by molar-refractivity contribution is -0.120. The maximum Gasteiger partial charge on any atom is 0.243 e. The Balaban J connectivity index is 1.74. The van der Waals surface area contributed by atoms with Gasteiger partial charge in [0, 0.05) is 23.8 Å². The van der Waals surface area contributed by atoms with Crippen molar-refractivity contribution in [1.29, 1.82) is 0 Å². The van der Waals surface area contributed by atoms with Crippen LogP contribution in [0.1, 0.15) is 24.0 Å². The van der Waals surface area contributed by atoms with E-state index in [1.165, 1.54) is 16.4 Å². The summed E-state index contributed by atoms with van der Waals surface area (Å²) in [7, 11) is -3.64. The van der Waals surface area contributed by atoms with Crippen LogP contribution >= 0.6 is 11.6 Å². The molecule has 1 aliphatic heterocycles. The van der Waals surface area contributed by atoms with Gasteiger partial charge >= 0.3 is 0 Å². The van der Waals surface area contributed by atoms with Crippen LogP contribution in [0.25, 0.3) is 0 Å². The number of halogens is 1. The van der Waals surface area contributed by atoms with Gasteiger partial charge in [0.1, 0.15) is 0 Å². The quantitative estimate of drug-likeness (QED) is 0.834. The van der Waals surface area contributed by atoms with Crippen LogP contribution in [0.4, 0.5) is 5.69 Å².